The van der Waals surface area contributed by atoms with Crippen molar-refractivity contribution in [2.45, 2.75) is 20.4 Å². The predicted molar refractivity (Wildman–Crippen MR) is 69.0 cm³/mol. The molecule has 0 spiro atoms. The van der Waals surface area contributed by atoms with Gasteiger partial charge >= 0.3 is 0 Å². The average Bonchev–Trinajstić information content (AvgIpc) is 2.58. The lowest BCUT2D eigenvalue weighted by Gasteiger charge is -2.06. The summed E-state index contributed by atoms with van der Waals surface area (Å²) in [6.45, 7) is 3.81. The van der Waals surface area contributed by atoms with Crippen molar-refractivity contribution in [1.82, 2.24) is 14.8 Å². The van der Waals surface area contributed by atoms with Gasteiger partial charge in [0, 0.05) is 18.1 Å². The maximum absolute atomic E-state index is 11.8. The third-order valence-electron chi connectivity index (χ3n) is 2.69. The molecule has 0 saturated carbocycles. The van der Waals surface area contributed by atoms with Gasteiger partial charge in [-0.3, -0.25) is 14.5 Å². The molecule has 0 aliphatic heterocycles. The first-order valence-electron chi connectivity index (χ1n) is 5.57. The lowest BCUT2D eigenvalue weighted by Crippen LogP contribution is -2.20. The van der Waals surface area contributed by atoms with E-state index in [0.717, 1.165) is 11.4 Å². The maximum Gasteiger partial charge on any atom is 0.246 e. The van der Waals surface area contributed by atoms with Crippen LogP contribution in [-0.4, -0.2) is 20.7 Å². The summed E-state index contributed by atoms with van der Waals surface area (Å²) in [5.74, 6) is -0.146. The van der Waals surface area contributed by atoms with E-state index in [4.69, 9.17) is 5.73 Å². The van der Waals surface area contributed by atoms with Crippen LogP contribution in [0.15, 0.2) is 24.5 Å². The zero-order valence-electron chi connectivity index (χ0n) is 10.3. The molecule has 2 heterocycles. The summed E-state index contributed by atoms with van der Waals surface area (Å²) in [5, 5.41) is 6.98. The van der Waals surface area contributed by atoms with Crippen LogP contribution in [0.5, 0.6) is 0 Å². The largest absolute Gasteiger partial charge is 0.396 e. The van der Waals surface area contributed by atoms with Crippen molar-refractivity contribution in [3.63, 3.8) is 0 Å². The topological polar surface area (TPSA) is 85.8 Å². The van der Waals surface area contributed by atoms with Crippen LogP contribution >= 0.6 is 0 Å². The van der Waals surface area contributed by atoms with Gasteiger partial charge in [0.05, 0.1) is 17.1 Å². The van der Waals surface area contributed by atoms with Crippen LogP contribution in [-0.2, 0) is 11.3 Å². The molecule has 94 valence electrons. The second-order valence-corrected chi connectivity index (χ2v) is 4.03. The summed E-state index contributed by atoms with van der Waals surface area (Å²) in [7, 11) is 0. The fraction of sp³-hybridized carbons (Fsp3) is 0.250. The Morgan fingerprint density at radius 2 is 2.06 bits per heavy atom. The molecule has 2 aromatic rings. The summed E-state index contributed by atoms with van der Waals surface area (Å²) >= 11 is 0. The molecular formula is C12H15N5O. The number of nitrogens with zero attached hydrogens (tertiary/aromatic N) is 3. The highest BCUT2D eigenvalue weighted by Gasteiger charge is 2.11. The van der Waals surface area contributed by atoms with E-state index < -0.39 is 0 Å². The molecule has 0 aromatic carbocycles. The van der Waals surface area contributed by atoms with Crippen molar-refractivity contribution in [2.24, 2.45) is 0 Å². The Labute approximate surface area is 105 Å². The van der Waals surface area contributed by atoms with Crippen LogP contribution in [0.25, 0.3) is 0 Å². The minimum Gasteiger partial charge on any atom is -0.396 e. The number of hydrogen-bond donors (Lipinski definition) is 2. The number of amides is 1. The number of aryl methyl sites for hydroxylation is 1. The molecule has 2 rings (SSSR count). The molecule has 1 amide bonds. The fourth-order valence-corrected chi connectivity index (χ4v) is 1.64. The molecule has 0 radical (unpaired) electrons. The number of pyridine rings is 1. The van der Waals surface area contributed by atoms with Crippen LogP contribution in [0.1, 0.15) is 11.4 Å². The number of carbonyl (C=O) groups excluding carboxylic acids is 1. The first-order valence-corrected chi connectivity index (χ1v) is 5.57. The van der Waals surface area contributed by atoms with E-state index in [2.05, 4.69) is 15.4 Å². The molecular weight excluding hydrogens is 230 g/mol. The third-order valence-corrected chi connectivity index (χ3v) is 2.69. The second-order valence-electron chi connectivity index (χ2n) is 4.03. The van der Waals surface area contributed by atoms with Crippen molar-refractivity contribution < 1.29 is 4.79 Å². The summed E-state index contributed by atoms with van der Waals surface area (Å²) in [4.78, 5) is 15.7. The summed E-state index contributed by atoms with van der Waals surface area (Å²) < 4.78 is 1.60. The molecule has 0 bridgehead atoms. The molecule has 0 fully saturated rings. The number of nitrogens with two attached hydrogens (primary N) is 1. The maximum atomic E-state index is 11.8. The number of nitrogen functional groups attached to an aromatic ring is 1. The lowest BCUT2D eigenvalue weighted by molar-refractivity contribution is -0.116. The van der Waals surface area contributed by atoms with Gasteiger partial charge in [-0.25, -0.2) is 0 Å². The molecule has 0 aliphatic rings. The van der Waals surface area contributed by atoms with Crippen LogP contribution in [0.3, 0.4) is 0 Å². The third kappa shape index (κ3) is 2.48. The van der Waals surface area contributed by atoms with Gasteiger partial charge in [0.15, 0.2) is 0 Å². The first-order chi connectivity index (χ1) is 8.58. The van der Waals surface area contributed by atoms with Gasteiger partial charge in [-0.2, -0.15) is 5.10 Å². The molecule has 0 saturated heterocycles. The van der Waals surface area contributed by atoms with Crippen molar-refractivity contribution in [3.05, 3.63) is 35.9 Å². The number of rotatable bonds is 3. The summed E-state index contributed by atoms with van der Waals surface area (Å²) in [6, 6.07) is 3.46. The van der Waals surface area contributed by atoms with Gasteiger partial charge in [-0.1, -0.05) is 0 Å². The highest BCUT2D eigenvalue weighted by atomic mass is 16.2. The van der Waals surface area contributed by atoms with Crippen LogP contribution in [0.2, 0.25) is 0 Å². The molecule has 3 N–H and O–H groups in total. The SMILES string of the molecule is Cc1nn(CC(=O)Nc2ccncc2)c(C)c1N. The van der Waals surface area contributed by atoms with Crippen molar-refractivity contribution >= 4 is 17.3 Å². The number of aromatic nitrogens is 3. The highest BCUT2D eigenvalue weighted by molar-refractivity contribution is 5.90. The molecule has 0 aliphatic carbocycles. The molecule has 6 nitrogen and oxygen atoms in total. The van der Waals surface area contributed by atoms with E-state index in [9.17, 15) is 4.79 Å². The smallest absolute Gasteiger partial charge is 0.246 e. The van der Waals surface area contributed by atoms with Gasteiger partial charge in [-0.05, 0) is 26.0 Å². The van der Waals surface area contributed by atoms with E-state index in [0.29, 0.717) is 11.4 Å². The monoisotopic (exact) mass is 245 g/mol. The Hall–Kier alpha value is -2.37. The van der Waals surface area contributed by atoms with E-state index in [1.165, 1.54) is 0 Å². The Balaban J connectivity index is 2.06. The Morgan fingerprint density at radius 3 is 2.61 bits per heavy atom. The second kappa shape index (κ2) is 4.87. The van der Waals surface area contributed by atoms with Gasteiger partial charge < -0.3 is 11.1 Å². The van der Waals surface area contributed by atoms with E-state index in [1.807, 2.05) is 13.8 Å². The van der Waals surface area contributed by atoms with Crippen molar-refractivity contribution in [3.8, 4) is 0 Å². The predicted octanol–water partition coefficient (Wildman–Crippen LogP) is 1.12. The number of anilines is 2. The zero-order chi connectivity index (χ0) is 13.1. The van der Waals surface area contributed by atoms with E-state index >= 15 is 0 Å². The van der Waals surface area contributed by atoms with Gasteiger partial charge in [0.1, 0.15) is 6.54 Å². The van der Waals surface area contributed by atoms with Crippen molar-refractivity contribution in [2.75, 3.05) is 11.1 Å². The number of nitrogens with one attached hydrogen (secondary N) is 1. The minimum absolute atomic E-state index is 0.145. The zero-order valence-corrected chi connectivity index (χ0v) is 10.3. The molecule has 6 heteroatoms. The normalized spacial score (nSPS) is 10.3. The molecule has 0 atom stereocenters. The van der Waals surface area contributed by atoms with Crippen molar-refractivity contribution in [1.29, 1.82) is 0 Å². The molecule has 0 unspecified atom stereocenters. The quantitative estimate of drug-likeness (QED) is 0.848. The Kier molecular flexibility index (Phi) is 3.27. The summed E-state index contributed by atoms with van der Waals surface area (Å²) in [5.41, 5.74) is 8.69. The van der Waals surface area contributed by atoms with Crippen LogP contribution in [0.4, 0.5) is 11.4 Å². The number of hydrogen-bond acceptors (Lipinski definition) is 4. The molecule has 18 heavy (non-hydrogen) atoms. The fourth-order valence-electron chi connectivity index (χ4n) is 1.64. The van der Waals surface area contributed by atoms with Gasteiger partial charge in [0.25, 0.3) is 0 Å². The van der Waals surface area contributed by atoms with Crippen LogP contribution < -0.4 is 11.1 Å². The Bertz CT molecular complexity index is 561. The van der Waals surface area contributed by atoms with Crippen LogP contribution in [0, 0.1) is 13.8 Å². The lowest BCUT2D eigenvalue weighted by atomic mass is 10.3. The number of carbonyl (C=O) groups is 1. The van der Waals surface area contributed by atoms with Gasteiger partial charge in [0.2, 0.25) is 5.91 Å². The van der Waals surface area contributed by atoms with Gasteiger partial charge in [-0.15, -0.1) is 0 Å². The first kappa shape index (κ1) is 12.1. The van der Waals surface area contributed by atoms with E-state index in [-0.39, 0.29) is 12.5 Å². The molecule has 2 aromatic heterocycles. The Morgan fingerprint density at radius 1 is 1.39 bits per heavy atom. The van der Waals surface area contributed by atoms with E-state index in [1.54, 1.807) is 29.2 Å². The average molecular weight is 245 g/mol. The standard InChI is InChI=1S/C12H15N5O/c1-8-12(13)9(2)17(16-8)7-11(18)15-10-3-5-14-6-4-10/h3-6H,7,13H2,1-2H3,(H,14,15,18). The minimum atomic E-state index is -0.146. The summed E-state index contributed by atoms with van der Waals surface area (Å²) in [6.07, 6.45) is 3.24. The highest BCUT2D eigenvalue weighted by Crippen LogP contribution is 2.14.